The molecule has 2 rings (SSSR count). The van der Waals surface area contributed by atoms with Gasteiger partial charge in [-0.3, -0.25) is 4.79 Å². The molecule has 0 aromatic rings. The minimum atomic E-state index is -0.288. The fraction of sp³-hybridized carbons (Fsp3) is 0.818. The van der Waals surface area contributed by atoms with E-state index < -0.39 is 0 Å². The Morgan fingerprint density at radius 2 is 2.07 bits per heavy atom. The van der Waals surface area contributed by atoms with Crippen molar-refractivity contribution in [2.75, 3.05) is 7.05 Å². The second-order valence-electron chi connectivity index (χ2n) is 4.54. The Bertz CT molecular complexity index is 284. The lowest BCUT2D eigenvalue weighted by Crippen LogP contribution is -2.36. The Balaban J connectivity index is 1.94. The van der Waals surface area contributed by atoms with E-state index in [4.69, 9.17) is 5.26 Å². The van der Waals surface area contributed by atoms with Crippen molar-refractivity contribution in [2.45, 2.75) is 32.2 Å². The van der Waals surface area contributed by atoms with Gasteiger partial charge in [0.05, 0.1) is 6.07 Å². The summed E-state index contributed by atoms with van der Waals surface area (Å²) in [5.41, 5.74) is 0. The number of nitrogens with zero attached hydrogens (tertiary/aromatic N) is 2. The molecule has 2 aliphatic rings. The van der Waals surface area contributed by atoms with Crippen molar-refractivity contribution in [3.8, 4) is 6.07 Å². The third-order valence-corrected chi connectivity index (χ3v) is 3.81. The van der Waals surface area contributed by atoms with Crippen LogP contribution in [0, 0.1) is 29.1 Å². The maximum atomic E-state index is 11.9. The first-order valence-electron chi connectivity index (χ1n) is 5.33. The summed E-state index contributed by atoms with van der Waals surface area (Å²) in [5, 5.41) is 8.72. The van der Waals surface area contributed by atoms with E-state index in [0.29, 0.717) is 11.8 Å². The zero-order valence-corrected chi connectivity index (χ0v) is 8.73. The minimum Gasteiger partial charge on any atom is -0.330 e. The van der Waals surface area contributed by atoms with E-state index in [1.165, 1.54) is 19.3 Å². The Hall–Kier alpha value is -1.04. The lowest BCUT2D eigenvalue weighted by molar-refractivity contribution is -0.133. The molecule has 0 heterocycles. The van der Waals surface area contributed by atoms with Crippen molar-refractivity contribution in [1.29, 1.82) is 5.26 Å². The standard InChI is InChI=1S/C11H16N2O/c1-7(6-12)13(2)11(14)10-8-4-3-5-9(8)10/h7-10H,3-5H2,1-2H3. The highest BCUT2D eigenvalue weighted by atomic mass is 16.2. The van der Waals surface area contributed by atoms with Gasteiger partial charge in [-0.05, 0) is 31.6 Å². The van der Waals surface area contributed by atoms with Crippen LogP contribution in [0.4, 0.5) is 0 Å². The van der Waals surface area contributed by atoms with Crippen LogP contribution in [0.2, 0.25) is 0 Å². The fourth-order valence-corrected chi connectivity index (χ4v) is 2.70. The van der Waals surface area contributed by atoms with E-state index in [9.17, 15) is 4.79 Å². The van der Waals surface area contributed by atoms with Crippen LogP contribution in [0.15, 0.2) is 0 Å². The Labute approximate surface area is 84.7 Å². The van der Waals surface area contributed by atoms with Gasteiger partial charge in [0, 0.05) is 13.0 Å². The van der Waals surface area contributed by atoms with Gasteiger partial charge in [0.2, 0.25) is 5.91 Å². The van der Waals surface area contributed by atoms with Crippen LogP contribution in [-0.4, -0.2) is 23.9 Å². The number of carbonyl (C=O) groups excluding carboxylic acids is 1. The molecule has 0 aromatic heterocycles. The number of nitriles is 1. The fourth-order valence-electron chi connectivity index (χ4n) is 2.70. The van der Waals surface area contributed by atoms with Crippen LogP contribution in [0.5, 0.6) is 0 Å². The molecule has 76 valence electrons. The van der Waals surface area contributed by atoms with Gasteiger partial charge >= 0.3 is 0 Å². The molecule has 0 spiro atoms. The zero-order chi connectivity index (χ0) is 10.3. The molecule has 3 nitrogen and oxygen atoms in total. The van der Waals surface area contributed by atoms with Gasteiger partial charge in [0.15, 0.2) is 0 Å². The van der Waals surface area contributed by atoms with E-state index in [1.807, 2.05) is 0 Å². The predicted molar refractivity (Wildman–Crippen MR) is 52.2 cm³/mol. The maximum absolute atomic E-state index is 11.9. The molecular weight excluding hydrogens is 176 g/mol. The van der Waals surface area contributed by atoms with Crippen molar-refractivity contribution in [2.24, 2.45) is 17.8 Å². The summed E-state index contributed by atoms with van der Waals surface area (Å²) in [6, 6.07) is 1.81. The summed E-state index contributed by atoms with van der Waals surface area (Å²) in [6.45, 7) is 1.77. The quantitative estimate of drug-likeness (QED) is 0.663. The highest BCUT2D eigenvalue weighted by Gasteiger charge is 2.57. The lowest BCUT2D eigenvalue weighted by atomic mass is 10.1. The number of rotatable bonds is 2. The van der Waals surface area contributed by atoms with E-state index in [-0.39, 0.29) is 17.9 Å². The van der Waals surface area contributed by atoms with Crippen molar-refractivity contribution >= 4 is 5.91 Å². The topological polar surface area (TPSA) is 44.1 Å². The van der Waals surface area contributed by atoms with Gasteiger partial charge in [0.1, 0.15) is 6.04 Å². The zero-order valence-electron chi connectivity index (χ0n) is 8.73. The molecule has 3 atom stereocenters. The number of amides is 1. The van der Waals surface area contributed by atoms with Gasteiger partial charge in [-0.15, -0.1) is 0 Å². The average molecular weight is 192 g/mol. The van der Waals surface area contributed by atoms with Crippen LogP contribution in [-0.2, 0) is 4.79 Å². The highest BCUT2D eigenvalue weighted by molar-refractivity contribution is 5.82. The van der Waals surface area contributed by atoms with Gasteiger partial charge in [-0.25, -0.2) is 0 Å². The van der Waals surface area contributed by atoms with Crippen molar-refractivity contribution in [1.82, 2.24) is 4.90 Å². The molecule has 2 saturated carbocycles. The molecule has 0 N–H and O–H groups in total. The number of fused-ring (bicyclic) bond motifs is 1. The first-order chi connectivity index (χ1) is 6.66. The van der Waals surface area contributed by atoms with E-state index in [1.54, 1.807) is 18.9 Å². The summed E-state index contributed by atoms with van der Waals surface area (Å²) < 4.78 is 0. The molecule has 2 aliphatic carbocycles. The van der Waals surface area contributed by atoms with Gasteiger partial charge in [-0.2, -0.15) is 5.26 Å². The van der Waals surface area contributed by atoms with Gasteiger partial charge < -0.3 is 4.90 Å². The first-order valence-corrected chi connectivity index (χ1v) is 5.33. The third-order valence-electron chi connectivity index (χ3n) is 3.81. The highest BCUT2D eigenvalue weighted by Crippen LogP contribution is 2.58. The van der Waals surface area contributed by atoms with Gasteiger partial charge in [0.25, 0.3) is 0 Å². The number of hydrogen-bond acceptors (Lipinski definition) is 2. The van der Waals surface area contributed by atoms with Crippen molar-refractivity contribution in [3.63, 3.8) is 0 Å². The molecule has 0 bridgehead atoms. The van der Waals surface area contributed by atoms with Crippen LogP contribution in [0.1, 0.15) is 26.2 Å². The number of carbonyl (C=O) groups is 1. The first kappa shape index (κ1) is 9.51. The molecule has 14 heavy (non-hydrogen) atoms. The predicted octanol–water partition coefficient (Wildman–Crippen LogP) is 1.40. The second kappa shape index (κ2) is 3.27. The molecule has 3 heteroatoms. The van der Waals surface area contributed by atoms with Gasteiger partial charge in [-0.1, -0.05) is 6.42 Å². The van der Waals surface area contributed by atoms with Crippen molar-refractivity contribution in [3.05, 3.63) is 0 Å². The molecule has 0 radical (unpaired) electrons. The molecule has 0 aliphatic heterocycles. The molecule has 3 unspecified atom stereocenters. The normalized spacial score (nSPS) is 35.6. The minimum absolute atomic E-state index is 0.189. The average Bonchev–Trinajstić information content (AvgIpc) is 2.68. The summed E-state index contributed by atoms with van der Waals surface area (Å²) in [4.78, 5) is 13.5. The van der Waals surface area contributed by atoms with Crippen LogP contribution >= 0.6 is 0 Å². The summed E-state index contributed by atoms with van der Waals surface area (Å²) in [7, 11) is 1.74. The summed E-state index contributed by atoms with van der Waals surface area (Å²) in [6.07, 6.45) is 3.72. The molecular formula is C11H16N2O. The molecule has 0 aromatic carbocycles. The van der Waals surface area contributed by atoms with E-state index >= 15 is 0 Å². The van der Waals surface area contributed by atoms with E-state index in [2.05, 4.69) is 6.07 Å². The molecule has 2 fully saturated rings. The maximum Gasteiger partial charge on any atom is 0.227 e. The van der Waals surface area contributed by atoms with Crippen LogP contribution < -0.4 is 0 Å². The van der Waals surface area contributed by atoms with Crippen LogP contribution in [0.3, 0.4) is 0 Å². The lowest BCUT2D eigenvalue weighted by Gasteiger charge is -2.20. The summed E-state index contributed by atoms with van der Waals surface area (Å²) in [5.74, 6) is 1.74. The smallest absolute Gasteiger partial charge is 0.227 e. The molecule has 0 saturated heterocycles. The second-order valence-corrected chi connectivity index (χ2v) is 4.54. The Kier molecular flexibility index (Phi) is 2.22. The Morgan fingerprint density at radius 1 is 1.50 bits per heavy atom. The monoisotopic (exact) mass is 192 g/mol. The largest absolute Gasteiger partial charge is 0.330 e. The third kappa shape index (κ3) is 1.30. The Morgan fingerprint density at radius 3 is 2.57 bits per heavy atom. The van der Waals surface area contributed by atoms with Crippen LogP contribution in [0.25, 0.3) is 0 Å². The summed E-state index contributed by atoms with van der Waals surface area (Å²) >= 11 is 0. The number of hydrogen-bond donors (Lipinski definition) is 0. The molecule has 1 amide bonds. The SMILES string of the molecule is CC(C#N)N(C)C(=O)C1C2CCCC21. The van der Waals surface area contributed by atoms with E-state index in [0.717, 1.165) is 0 Å². The van der Waals surface area contributed by atoms with Crippen molar-refractivity contribution < 1.29 is 4.79 Å².